The summed E-state index contributed by atoms with van der Waals surface area (Å²) in [7, 11) is 0. The molecule has 0 aliphatic carbocycles. The van der Waals surface area contributed by atoms with Crippen molar-refractivity contribution in [1.29, 1.82) is 0 Å². The number of carbonyl (C=O) groups is 1. The summed E-state index contributed by atoms with van der Waals surface area (Å²) in [6, 6.07) is 7.79. The minimum atomic E-state index is -0.499. The summed E-state index contributed by atoms with van der Waals surface area (Å²) in [6.07, 6.45) is 8.13. The maximum Gasteiger partial charge on any atom is 0.263 e. The fourth-order valence-corrected chi connectivity index (χ4v) is 4.37. The third-order valence-electron chi connectivity index (χ3n) is 6.00. The molecular formula is C21H30N6O2. The number of likely N-dealkylation sites (tertiary alicyclic amines) is 2. The smallest absolute Gasteiger partial charge is 0.263 e. The van der Waals surface area contributed by atoms with Gasteiger partial charge in [0.15, 0.2) is 6.10 Å². The number of rotatable bonds is 7. The highest BCUT2D eigenvalue weighted by Gasteiger charge is 2.31. The lowest BCUT2D eigenvalue weighted by molar-refractivity contribution is -0.142. The van der Waals surface area contributed by atoms with Crippen molar-refractivity contribution < 1.29 is 9.53 Å². The van der Waals surface area contributed by atoms with Gasteiger partial charge in [0.2, 0.25) is 0 Å². The van der Waals surface area contributed by atoms with Crippen LogP contribution in [-0.2, 0) is 4.79 Å². The molecule has 0 bridgehead atoms. The molecule has 2 aliphatic heterocycles. The average molecular weight is 399 g/mol. The fraction of sp³-hybridized carbons (Fsp3) is 0.619. The van der Waals surface area contributed by atoms with Crippen molar-refractivity contribution in [3.05, 3.63) is 30.6 Å². The predicted octanol–water partition coefficient (Wildman–Crippen LogP) is 2.30. The molecule has 2 atom stereocenters. The largest absolute Gasteiger partial charge is 0.481 e. The van der Waals surface area contributed by atoms with Crippen LogP contribution >= 0.6 is 0 Å². The topological polar surface area (TPSA) is 76.4 Å². The van der Waals surface area contributed by atoms with E-state index in [2.05, 4.69) is 25.3 Å². The van der Waals surface area contributed by atoms with Crippen LogP contribution in [0, 0.1) is 0 Å². The zero-order valence-corrected chi connectivity index (χ0v) is 17.1. The number of aromatic nitrogens is 4. The molecule has 0 unspecified atom stereocenters. The number of ether oxygens (including phenoxy) is 1. The lowest BCUT2D eigenvalue weighted by Crippen LogP contribution is -2.49. The molecule has 29 heavy (non-hydrogen) atoms. The maximum absolute atomic E-state index is 13.1. The van der Waals surface area contributed by atoms with E-state index in [-0.39, 0.29) is 5.91 Å². The molecule has 3 heterocycles. The van der Waals surface area contributed by atoms with Crippen molar-refractivity contribution in [2.24, 2.45) is 0 Å². The molecule has 1 amide bonds. The van der Waals surface area contributed by atoms with Gasteiger partial charge >= 0.3 is 0 Å². The Labute approximate surface area is 171 Å². The van der Waals surface area contributed by atoms with Crippen LogP contribution in [0.5, 0.6) is 5.75 Å². The highest BCUT2D eigenvalue weighted by molar-refractivity contribution is 5.81. The summed E-state index contributed by atoms with van der Waals surface area (Å²) in [5.41, 5.74) is 0.847. The van der Waals surface area contributed by atoms with E-state index in [9.17, 15) is 4.79 Å². The lowest BCUT2D eigenvalue weighted by Gasteiger charge is -2.38. The van der Waals surface area contributed by atoms with E-state index in [4.69, 9.17) is 4.74 Å². The molecule has 2 saturated heterocycles. The van der Waals surface area contributed by atoms with Crippen LogP contribution in [0.1, 0.15) is 45.4 Å². The molecule has 1 aromatic heterocycles. The van der Waals surface area contributed by atoms with E-state index in [0.29, 0.717) is 11.8 Å². The predicted molar refractivity (Wildman–Crippen MR) is 109 cm³/mol. The number of carbonyl (C=O) groups excluding carboxylic acids is 1. The first kappa shape index (κ1) is 19.8. The average Bonchev–Trinajstić information content (AvgIpc) is 3.47. The van der Waals surface area contributed by atoms with Crippen LogP contribution in [0.15, 0.2) is 30.6 Å². The highest BCUT2D eigenvalue weighted by Crippen LogP contribution is 2.23. The van der Waals surface area contributed by atoms with Crippen LogP contribution in [-0.4, -0.2) is 74.2 Å². The molecular weight excluding hydrogens is 368 g/mol. The summed E-state index contributed by atoms with van der Waals surface area (Å²) < 4.78 is 7.55. The quantitative estimate of drug-likeness (QED) is 0.712. The summed E-state index contributed by atoms with van der Waals surface area (Å²) in [4.78, 5) is 17.7. The fourth-order valence-electron chi connectivity index (χ4n) is 4.37. The van der Waals surface area contributed by atoms with Crippen molar-refractivity contribution in [3.8, 4) is 11.4 Å². The minimum absolute atomic E-state index is 0.0978. The standard InChI is InChI=1S/C21H30N6O2/c1-17(29-20-9-7-19(8-10-20)27-16-22-23-24-27)21(28)26-14-3-2-6-18(26)11-15-25-12-4-5-13-25/h7-10,16-18H,2-6,11-15H2,1H3/t17-,18+/m0/s1. The Hall–Kier alpha value is -2.48. The van der Waals surface area contributed by atoms with E-state index in [0.717, 1.165) is 38.0 Å². The Morgan fingerprint density at radius 2 is 1.90 bits per heavy atom. The number of tetrazole rings is 1. The molecule has 4 rings (SSSR count). The number of hydrogen-bond donors (Lipinski definition) is 0. The molecule has 0 N–H and O–H groups in total. The first-order valence-electron chi connectivity index (χ1n) is 10.7. The van der Waals surface area contributed by atoms with Gasteiger partial charge in [-0.2, -0.15) is 0 Å². The van der Waals surface area contributed by atoms with Gasteiger partial charge in [-0.1, -0.05) is 0 Å². The second-order valence-electron chi connectivity index (χ2n) is 8.03. The lowest BCUT2D eigenvalue weighted by atomic mass is 9.98. The number of benzene rings is 1. The summed E-state index contributed by atoms with van der Waals surface area (Å²) in [5.74, 6) is 0.772. The van der Waals surface area contributed by atoms with Gasteiger partial charge in [0.05, 0.1) is 5.69 Å². The number of nitrogens with zero attached hydrogens (tertiary/aromatic N) is 6. The third kappa shape index (κ3) is 4.93. The van der Waals surface area contributed by atoms with E-state index < -0.39 is 6.10 Å². The first-order chi connectivity index (χ1) is 14.2. The highest BCUT2D eigenvalue weighted by atomic mass is 16.5. The summed E-state index contributed by atoms with van der Waals surface area (Å²) in [6.45, 7) is 6.21. The molecule has 2 aromatic rings. The SMILES string of the molecule is C[C@H](Oc1ccc(-n2cnnn2)cc1)C(=O)N1CCCC[C@@H]1CCN1CCCC1. The van der Waals surface area contributed by atoms with Gasteiger partial charge in [-0.15, -0.1) is 5.10 Å². The van der Waals surface area contributed by atoms with Gasteiger partial charge in [-0.05, 0) is 93.2 Å². The molecule has 156 valence electrons. The Morgan fingerprint density at radius 3 is 2.62 bits per heavy atom. The van der Waals surface area contributed by atoms with Crippen molar-refractivity contribution >= 4 is 5.91 Å². The molecule has 2 fully saturated rings. The molecule has 8 nitrogen and oxygen atoms in total. The maximum atomic E-state index is 13.1. The summed E-state index contributed by atoms with van der Waals surface area (Å²) in [5, 5.41) is 11.2. The van der Waals surface area contributed by atoms with Crippen LogP contribution in [0.4, 0.5) is 0 Å². The van der Waals surface area contributed by atoms with Gasteiger partial charge < -0.3 is 14.5 Å². The van der Waals surface area contributed by atoms with Gasteiger partial charge in [0.1, 0.15) is 12.1 Å². The molecule has 1 aromatic carbocycles. The first-order valence-corrected chi connectivity index (χ1v) is 10.7. The molecule has 0 radical (unpaired) electrons. The van der Waals surface area contributed by atoms with Crippen LogP contribution in [0.2, 0.25) is 0 Å². The van der Waals surface area contributed by atoms with Crippen molar-refractivity contribution in [1.82, 2.24) is 30.0 Å². The van der Waals surface area contributed by atoms with E-state index in [1.807, 2.05) is 31.2 Å². The Morgan fingerprint density at radius 1 is 1.14 bits per heavy atom. The molecule has 0 saturated carbocycles. The second kappa shape index (κ2) is 9.35. The van der Waals surface area contributed by atoms with Gasteiger partial charge in [-0.3, -0.25) is 4.79 Å². The van der Waals surface area contributed by atoms with Gasteiger partial charge in [-0.25, -0.2) is 4.68 Å². The Kier molecular flexibility index (Phi) is 6.39. The normalized spacial score (nSPS) is 21.3. The Bertz CT molecular complexity index is 773. The third-order valence-corrected chi connectivity index (χ3v) is 6.00. The molecule has 2 aliphatic rings. The van der Waals surface area contributed by atoms with Crippen LogP contribution < -0.4 is 4.74 Å². The van der Waals surface area contributed by atoms with Gasteiger partial charge in [0.25, 0.3) is 5.91 Å². The zero-order valence-electron chi connectivity index (χ0n) is 17.1. The van der Waals surface area contributed by atoms with E-state index in [1.54, 1.807) is 11.0 Å². The van der Waals surface area contributed by atoms with Crippen molar-refractivity contribution in [2.75, 3.05) is 26.2 Å². The second-order valence-corrected chi connectivity index (χ2v) is 8.03. The van der Waals surface area contributed by atoms with Gasteiger partial charge in [0, 0.05) is 19.1 Å². The number of amides is 1. The summed E-state index contributed by atoms with van der Waals surface area (Å²) >= 11 is 0. The zero-order chi connectivity index (χ0) is 20.1. The number of hydrogen-bond acceptors (Lipinski definition) is 6. The monoisotopic (exact) mass is 398 g/mol. The van der Waals surface area contributed by atoms with Crippen molar-refractivity contribution in [3.63, 3.8) is 0 Å². The molecule has 0 spiro atoms. The van der Waals surface area contributed by atoms with Crippen LogP contribution in [0.25, 0.3) is 5.69 Å². The van der Waals surface area contributed by atoms with E-state index >= 15 is 0 Å². The van der Waals surface area contributed by atoms with Crippen molar-refractivity contribution in [2.45, 2.75) is 57.6 Å². The minimum Gasteiger partial charge on any atom is -0.481 e. The number of piperidine rings is 1. The van der Waals surface area contributed by atoms with Crippen LogP contribution in [0.3, 0.4) is 0 Å². The van der Waals surface area contributed by atoms with E-state index in [1.165, 1.54) is 32.4 Å². The Balaban J connectivity index is 1.34. The molecule has 8 heteroatoms.